The second kappa shape index (κ2) is 4.37. The molecule has 92 valence electrons. The summed E-state index contributed by atoms with van der Waals surface area (Å²) in [5, 5.41) is 0. The maximum Gasteiger partial charge on any atom is 0.423 e. The van der Waals surface area contributed by atoms with Crippen LogP contribution in [-0.2, 0) is 14.8 Å². The summed E-state index contributed by atoms with van der Waals surface area (Å²) < 4.78 is 29.8. The number of benzene rings is 1. The molecule has 1 saturated heterocycles. The first-order chi connectivity index (χ1) is 8.01. The molecule has 0 N–H and O–H groups in total. The van der Waals surface area contributed by atoms with Crippen molar-refractivity contribution in [3.05, 3.63) is 29.8 Å². The van der Waals surface area contributed by atoms with Crippen molar-refractivity contribution in [2.45, 2.75) is 18.2 Å². The number of nitrogens with zero attached hydrogens (tertiary/aromatic N) is 1. The van der Waals surface area contributed by atoms with Crippen LogP contribution in [0.2, 0.25) is 0 Å². The Morgan fingerprint density at radius 3 is 2.47 bits per heavy atom. The van der Waals surface area contributed by atoms with Gasteiger partial charge in [-0.1, -0.05) is 17.7 Å². The van der Waals surface area contributed by atoms with Crippen molar-refractivity contribution < 1.29 is 17.9 Å². The van der Waals surface area contributed by atoms with E-state index in [-0.39, 0.29) is 18.0 Å². The van der Waals surface area contributed by atoms with Gasteiger partial charge >= 0.3 is 6.09 Å². The van der Waals surface area contributed by atoms with Crippen LogP contribution in [0.4, 0.5) is 4.79 Å². The minimum absolute atomic E-state index is 0.113. The van der Waals surface area contributed by atoms with Crippen molar-refractivity contribution in [2.75, 3.05) is 13.2 Å². The number of hydrogen-bond donors (Lipinski definition) is 0. The van der Waals surface area contributed by atoms with E-state index in [1.54, 1.807) is 12.1 Å². The third-order valence-electron chi connectivity index (χ3n) is 2.54. The summed E-state index contributed by atoms with van der Waals surface area (Å²) >= 11 is 0. The van der Waals surface area contributed by atoms with Gasteiger partial charge in [0.2, 0.25) is 0 Å². The van der Waals surface area contributed by atoms with Crippen molar-refractivity contribution in [3.63, 3.8) is 0 Å². The van der Waals surface area contributed by atoms with E-state index < -0.39 is 16.1 Å². The molecule has 17 heavy (non-hydrogen) atoms. The van der Waals surface area contributed by atoms with E-state index in [9.17, 15) is 13.2 Å². The highest BCUT2D eigenvalue weighted by molar-refractivity contribution is 7.89. The summed E-state index contributed by atoms with van der Waals surface area (Å²) in [6.45, 7) is 2.32. The molecule has 1 aliphatic heterocycles. The molecule has 0 spiro atoms. The number of carbonyl (C=O) groups is 1. The number of hydrogen-bond acceptors (Lipinski definition) is 4. The Morgan fingerprint density at radius 1 is 1.24 bits per heavy atom. The fourth-order valence-corrected chi connectivity index (χ4v) is 2.94. The summed E-state index contributed by atoms with van der Waals surface area (Å²) in [4.78, 5) is 11.5. The number of carbonyl (C=O) groups excluding carboxylic acids is 1. The highest BCUT2D eigenvalue weighted by Crippen LogP contribution is 2.19. The second-order valence-corrected chi connectivity index (χ2v) is 5.72. The van der Waals surface area contributed by atoms with Crippen LogP contribution in [0.15, 0.2) is 29.2 Å². The largest absolute Gasteiger partial charge is 0.449 e. The van der Waals surface area contributed by atoms with Crippen LogP contribution in [0.5, 0.6) is 0 Å². The Labute approximate surface area is 100 Å². The molecule has 0 aliphatic carbocycles. The molecule has 0 aromatic heterocycles. The molecule has 0 radical (unpaired) electrons. The summed E-state index contributed by atoms with van der Waals surface area (Å²) in [5.41, 5.74) is 0.963. The molecule has 0 atom stereocenters. The average Bonchev–Trinajstić information content (AvgIpc) is 2.30. The summed E-state index contributed by atoms with van der Waals surface area (Å²) in [6.07, 6.45) is -0.270. The minimum atomic E-state index is -3.77. The standard InChI is InChI=1S/C11H13NO4S/c1-9-3-5-10(6-4-9)17(14,15)12-7-2-8-16-11(12)13/h3-6H,2,7-8H2,1H3. The molecule has 2 rings (SSSR count). The lowest BCUT2D eigenvalue weighted by molar-refractivity contribution is 0.101. The third-order valence-corrected chi connectivity index (χ3v) is 4.32. The highest BCUT2D eigenvalue weighted by atomic mass is 32.2. The van der Waals surface area contributed by atoms with Crippen molar-refractivity contribution in [3.8, 4) is 0 Å². The molecule has 0 bridgehead atoms. The van der Waals surface area contributed by atoms with Gasteiger partial charge in [0.15, 0.2) is 0 Å². The number of ether oxygens (including phenoxy) is 1. The van der Waals surface area contributed by atoms with Gasteiger partial charge in [-0.3, -0.25) is 0 Å². The molecule has 6 heteroatoms. The van der Waals surface area contributed by atoms with Crippen LogP contribution in [-0.4, -0.2) is 32.0 Å². The van der Waals surface area contributed by atoms with Crippen LogP contribution in [0.1, 0.15) is 12.0 Å². The lowest BCUT2D eigenvalue weighted by Gasteiger charge is -2.25. The summed E-state index contributed by atoms with van der Waals surface area (Å²) in [6, 6.07) is 6.38. The number of aryl methyl sites for hydroxylation is 1. The molecule has 0 saturated carbocycles. The third kappa shape index (κ3) is 2.26. The van der Waals surface area contributed by atoms with E-state index in [0.717, 1.165) is 9.87 Å². The molecule has 1 fully saturated rings. The summed E-state index contributed by atoms with van der Waals surface area (Å²) in [5.74, 6) is 0. The molecule has 1 aromatic carbocycles. The first-order valence-electron chi connectivity index (χ1n) is 5.28. The predicted octanol–water partition coefficient (Wildman–Crippen LogP) is 1.53. The van der Waals surface area contributed by atoms with Gasteiger partial charge in [-0.15, -0.1) is 0 Å². The van der Waals surface area contributed by atoms with Crippen molar-refractivity contribution >= 4 is 16.1 Å². The Bertz CT molecular complexity index is 521. The first kappa shape index (κ1) is 11.9. The normalized spacial score (nSPS) is 16.8. The summed E-state index contributed by atoms with van der Waals surface area (Å²) in [7, 11) is -3.77. The predicted molar refractivity (Wildman–Crippen MR) is 61.0 cm³/mol. The molecule has 1 amide bonds. The first-order valence-corrected chi connectivity index (χ1v) is 6.72. The topological polar surface area (TPSA) is 63.7 Å². The van der Waals surface area contributed by atoms with Crippen LogP contribution < -0.4 is 0 Å². The van der Waals surface area contributed by atoms with Crippen molar-refractivity contribution in [2.24, 2.45) is 0 Å². The van der Waals surface area contributed by atoms with Crippen molar-refractivity contribution in [1.82, 2.24) is 4.31 Å². The Kier molecular flexibility index (Phi) is 3.06. The molecule has 0 unspecified atom stereocenters. The highest BCUT2D eigenvalue weighted by Gasteiger charge is 2.32. The van der Waals surface area contributed by atoms with Gasteiger partial charge in [0, 0.05) is 13.0 Å². The fourth-order valence-electron chi connectivity index (χ4n) is 1.59. The number of amides is 1. The van der Waals surface area contributed by atoms with Gasteiger partial charge in [-0.2, -0.15) is 0 Å². The van der Waals surface area contributed by atoms with Gasteiger partial charge in [-0.25, -0.2) is 17.5 Å². The molecular weight excluding hydrogens is 242 g/mol. The van der Waals surface area contributed by atoms with E-state index in [4.69, 9.17) is 4.74 Å². The monoisotopic (exact) mass is 255 g/mol. The van der Waals surface area contributed by atoms with E-state index in [0.29, 0.717) is 6.42 Å². The Hall–Kier alpha value is -1.56. The fraction of sp³-hybridized carbons (Fsp3) is 0.364. The maximum atomic E-state index is 12.1. The zero-order chi connectivity index (χ0) is 12.5. The van der Waals surface area contributed by atoms with E-state index in [1.807, 2.05) is 6.92 Å². The van der Waals surface area contributed by atoms with Gasteiger partial charge in [0.05, 0.1) is 11.5 Å². The second-order valence-electron chi connectivity index (χ2n) is 3.86. The zero-order valence-electron chi connectivity index (χ0n) is 9.42. The molecule has 1 aliphatic rings. The molecular formula is C11H13NO4S. The van der Waals surface area contributed by atoms with Gasteiger partial charge in [0.25, 0.3) is 10.0 Å². The van der Waals surface area contributed by atoms with Crippen LogP contribution in [0, 0.1) is 6.92 Å². The van der Waals surface area contributed by atoms with Crippen molar-refractivity contribution in [1.29, 1.82) is 0 Å². The lowest BCUT2D eigenvalue weighted by Crippen LogP contribution is -2.41. The molecule has 1 heterocycles. The van der Waals surface area contributed by atoms with Gasteiger partial charge in [-0.05, 0) is 19.1 Å². The van der Waals surface area contributed by atoms with Crippen LogP contribution in [0.25, 0.3) is 0 Å². The SMILES string of the molecule is Cc1ccc(S(=O)(=O)N2CCCOC2=O)cc1. The quantitative estimate of drug-likeness (QED) is 0.803. The molecule has 5 nitrogen and oxygen atoms in total. The van der Waals surface area contributed by atoms with E-state index in [2.05, 4.69) is 0 Å². The lowest BCUT2D eigenvalue weighted by atomic mass is 10.2. The van der Waals surface area contributed by atoms with E-state index in [1.165, 1.54) is 12.1 Å². The Morgan fingerprint density at radius 2 is 1.88 bits per heavy atom. The van der Waals surface area contributed by atoms with Crippen LogP contribution >= 0.6 is 0 Å². The number of rotatable bonds is 2. The Balaban J connectivity index is 2.35. The number of cyclic esters (lactones) is 1. The van der Waals surface area contributed by atoms with E-state index >= 15 is 0 Å². The molecule has 1 aromatic rings. The smallest absolute Gasteiger partial charge is 0.423 e. The van der Waals surface area contributed by atoms with Crippen LogP contribution in [0.3, 0.4) is 0 Å². The zero-order valence-corrected chi connectivity index (χ0v) is 10.2. The van der Waals surface area contributed by atoms with Gasteiger partial charge < -0.3 is 4.74 Å². The maximum absolute atomic E-state index is 12.1. The average molecular weight is 255 g/mol. The van der Waals surface area contributed by atoms with Gasteiger partial charge in [0.1, 0.15) is 0 Å². The number of sulfonamides is 1. The minimum Gasteiger partial charge on any atom is -0.449 e.